The van der Waals surface area contributed by atoms with Crippen LogP contribution in [0.15, 0.2) is 42.5 Å². The van der Waals surface area contributed by atoms with Crippen LogP contribution >= 0.6 is 0 Å². The number of anilines is 1. The standard InChI is InChI=1S/C28H38N4O5/c1-17-11-13-20(14-12-17)24(25(34)31-23-18(2)9-8-10-19(23)3)32(7)26(35)21(15-16-22(29)33)30-27(36)37-28(4,5)6/h8-14,21,24H,15-16H2,1-7H3,(H2,29,33)(H,30,36)(H,31,34). The van der Waals surface area contributed by atoms with E-state index in [1.165, 1.54) is 11.9 Å². The van der Waals surface area contributed by atoms with Gasteiger partial charge in [0.05, 0.1) is 0 Å². The highest BCUT2D eigenvalue weighted by atomic mass is 16.6. The van der Waals surface area contributed by atoms with Crippen molar-refractivity contribution in [2.75, 3.05) is 12.4 Å². The number of nitrogens with zero attached hydrogens (tertiary/aromatic N) is 1. The first-order valence-corrected chi connectivity index (χ1v) is 12.2. The number of alkyl carbamates (subject to hydrolysis) is 1. The number of carbonyl (C=O) groups is 4. The number of hydrogen-bond donors (Lipinski definition) is 3. The molecule has 0 aliphatic carbocycles. The molecule has 0 saturated carbocycles. The van der Waals surface area contributed by atoms with Gasteiger partial charge in [-0.2, -0.15) is 0 Å². The summed E-state index contributed by atoms with van der Waals surface area (Å²) < 4.78 is 5.30. The van der Waals surface area contributed by atoms with Gasteiger partial charge in [-0.05, 0) is 64.7 Å². The molecule has 0 fully saturated rings. The van der Waals surface area contributed by atoms with E-state index in [1.54, 1.807) is 32.9 Å². The molecule has 0 aliphatic rings. The zero-order chi connectivity index (χ0) is 27.9. The molecule has 4 N–H and O–H groups in total. The van der Waals surface area contributed by atoms with Crippen molar-refractivity contribution in [2.24, 2.45) is 5.73 Å². The van der Waals surface area contributed by atoms with Gasteiger partial charge in [0, 0.05) is 19.2 Å². The number of aryl methyl sites for hydroxylation is 3. The molecule has 2 unspecified atom stereocenters. The summed E-state index contributed by atoms with van der Waals surface area (Å²) in [6.45, 7) is 10.8. The lowest BCUT2D eigenvalue weighted by atomic mass is 10.0. The van der Waals surface area contributed by atoms with Crippen LogP contribution in [-0.2, 0) is 19.1 Å². The lowest BCUT2D eigenvalue weighted by Gasteiger charge is -2.32. The fourth-order valence-corrected chi connectivity index (χ4v) is 3.87. The molecule has 0 radical (unpaired) electrons. The molecule has 4 amide bonds. The van der Waals surface area contributed by atoms with Crippen molar-refractivity contribution in [2.45, 2.75) is 72.1 Å². The van der Waals surface area contributed by atoms with Crippen LogP contribution in [0.3, 0.4) is 0 Å². The van der Waals surface area contributed by atoms with Crippen LogP contribution in [0, 0.1) is 20.8 Å². The highest BCUT2D eigenvalue weighted by molar-refractivity contribution is 5.99. The molecule has 2 aromatic carbocycles. The Morgan fingerprint density at radius 1 is 0.973 bits per heavy atom. The average molecular weight is 511 g/mol. The summed E-state index contributed by atoms with van der Waals surface area (Å²) in [7, 11) is 1.49. The summed E-state index contributed by atoms with van der Waals surface area (Å²) in [5.41, 5.74) is 8.55. The molecule has 2 atom stereocenters. The SMILES string of the molecule is Cc1ccc(C(C(=O)Nc2c(C)cccc2C)N(C)C(=O)C(CCC(N)=O)NC(=O)OC(C)(C)C)cc1. The summed E-state index contributed by atoms with van der Waals surface area (Å²) >= 11 is 0. The second-order valence-electron chi connectivity index (χ2n) is 10.2. The van der Waals surface area contributed by atoms with E-state index in [4.69, 9.17) is 10.5 Å². The van der Waals surface area contributed by atoms with E-state index < -0.39 is 41.5 Å². The number of carbonyl (C=O) groups excluding carboxylic acids is 4. The topological polar surface area (TPSA) is 131 Å². The number of likely N-dealkylation sites (N-methyl/N-ethyl adjacent to an activating group) is 1. The predicted molar refractivity (Wildman–Crippen MR) is 143 cm³/mol. The number of ether oxygens (including phenoxy) is 1. The fraction of sp³-hybridized carbons (Fsp3) is 0.429. The van der Waals surface area contributed by atoms with Gasteiger partial charge in [0.2, 0.25) is 11.8 Å². The molecule has 9 nitrogen and oxygen atoms in total. The molecule has 200 valence electrons. The van der Waals surface area contributed by atoms with Gasteiger partial charge in [-0.15, -0.1) is 0 Å². The van der Waals surface area contributed by atoms with Gasteiger partial charge in [-0.3, -0.25) is 14.4 Å². The Kier molecular flexibility index (Phi) is 9.82. The van der Waals surface area contributed by atoms with Crippen molar-refractivity contribution in [3.8, 4) is 0 Å². The first-order chi connectivity index (χ1) is 17.2. The number of nitrogens with one attached hydrogen (secondary N) is 2. The van der Waals surface area contributed by atoms with Crippen molar-refractivity contribution in [3.05, 3.63) is 64.7 Å². The van der Waals surface area contributed by atoms with Crippen molar-refractivity contribution in [3.63, 3.8) is 0 Å². The van der Waals surface area contributed by atoms with Gasteiger partial charge in [0.1, 0.15) is 17.7 Å². The molecular formula is C28H38N4O5. The average Bonchev–Trinajstić information content (AvgIpc) is 2.78. The normalized spacial score (nSPS) is 12.7. The number of hydrogen-bond acceptors (Lipinski definition) is 5. The Hall–Kier alpha value is -3.88. The summed E-state index contributed by atoms with van der Waals surface area (Å²) in [5, 5.41) is 5.51. The largest absolute Gasteiger partial charge is 0.444 e. The quantitative estimate of drug-likeness (QED) is 0.471. The molecule has 2 rings (SSSR count). The van der Waals surface area contributed by atoms with E-state index in [9.17, 15) is 19.2 Å². The molecule has 0 saturated heterocycles. The van der Waals surface area contributed by atoms with E-state index in [-0.39, 0.29) is 12.8 Å². The fourth-order valence-electron chi connectivity index (χ4n) is 3.87. The zero-order valence-electron chi connectivity index (χ0n) is 22.7. The number of amides is 4. The smallest absolute Gasteiger partial charge is 0.408 e. The highest BCUT2D eigenvalue weighted by Gasteiger charge is 2.34. The lowest BCUT2D eigenvalue weighted by Crippen LogP contribution is -2.51. The van der Waals surface area contributed by atoms with E-state index in [0.717, 1.165) is 16.7 Å². The van der Waals surface area contributed by atoms with E-state index >= 15 is 0 Å². The monoisotopic (exact) mass is 510 g/mol. The van der Waals surface area contributed by atoms with Crippen LogP contribution in [0.5, 0.6) is 0 Å². The maximum absolute atomic E-state index is 13.7. The Labute approximate surface area is 218 Å². The summed E-state index contributed by atoms with van der Waals surface area (Å²) in [4.78, 5) is 52.5. The first kappa shape index (κ1) is 29.4. The number of rotatable bonds is 9. The van der Waals surface area contributed by atoms with Crippen LogP contribution in [0.1, 0.15) is 61.9 Å². The first-order valence-electron chi connectivity index (χ1n) is 12.2. The summed E-state index contributed by atoms with van der Waals surface area (Å²) in [6.07, 6.45) is -0.989. The molecular weight excluding hydrogens is 472 g/mol. The number of para-hydroxylation sites is 1. The van der Waals surface area contributed by atoms with Gasteiger partial charge >= 0.3 is 6.09 Å². The zero-order valence-corrected chi connectivity index (χ0v) is 22.7. The maximum Gasteiger partial charge on any atom is 0.408 e. The number of nitrogens with two attached hydrogens (primary N) is 1. The third-order valence-electron chi connectivity index (χ3n) is 5.77. The van der Waals surface area contributed by atoms with Gasteiger partial charge in [0.15, 0.2) is 0 Å². The van der Waals surface area contributed by atoms with Gasteiger partial charge in [-0.25, -0.2) is 4.79 Å². The van der Waals surface area contributed by atoms with Crippen LogP contribution in [0.25, 0.3) is 0 Å². The van der Waals surface area contributed by atoms with Gasteiger partial charge in [-0.1, -0.05) is 48.0 Å². The molecule has 0 aromatic heterocycles. The second kappa shape index (κ2) is 12.4. The molecule has 0 bridgehead atoms. The van der Waals surface area contributed by atoms with E-state index in [0.29, 0.717) is 11.3 Å². The summed E-state index contributed by atoms with van der Waals surface area (Å²) in [6, 6.07) is 10.8. The van der Waals surface area contributed by atoms with Crippen LogP contribution in [-0.4, -0.2) is 47.4 Å². The lowest BCUT2D eigenvalue weighted by molar-refractivity contribution is -0.139. The summed E-state index contributed by atoms with van der Waals surface area (Å²) in [5.74, 6) is -1.59. The Morgan fingerprint density at radius 2 is 1.54 bits per heavy atom. The maximum atomic E-state index is 13.7. The van der Waals surface area contributed by atoms with E-state index in [1.807, 2.05) is 51.1 Å². The molecule has 0 spiro atoms. The van der Waals surface area contributed by atoms with Crippen LogP contribution in [0.4, 0.5) is 10.5 Å². The highest BCUT2D eigenvalue weighted by Crippen LogP contribution is 2.26. The van der Waals surface area contributed by atoms with Crippen molar-refractivity contribution in [1.29, 1.82) is 0 Å². The van der Waals surface area contributed by atoms with Gasteiger partial charge in [0.25, 0.3) is 5.91 Å². The van der Waals surface area contributed by atoms with Crippen molar-refractivity contribution >= 4 is 29.5 Å². The third kappa shape index (κ3) is 8.63. The number of benzene rings is 2. The second-order valence-corrected chi connectivity index (χ2v) is 10.2. The molecule has 9 heteroatoms. The molecule has 0 aliphatic heterocycles. The van der Waals surface area contributed by atoms with Crippen LogP contribution < -0.4 is 16.4 Å². The van der Waals surface area contributed by atoms with Crippen molar-refractivity contribution < 1.29 is 23.9 Å². The molecule has 37 heavy (non-hydrogen) atoms. The Bertz CT molecular complexity index is 1120. The number of primary amides is 1. The van der Waals surface area contributed by atoms with E-state index in [2.05, 4.69) is 10.6 Å². The molecule has 2 aromatic rings. The Morgan fingerprint density at radius 3 is 2.05 bits per heavy atom. The minimum absolute atomic E-state index is 0.0448. The Balaban J connectivity index is 2.42. The van der Waals surface area contributed by atoms with Gasteiger partial charge < -0.3 is 26.0 Å². The van der Waals surface area contributed by atoms with Crippen LogP contribution in [0.2, 0.25) is 0 Å². The third-order valence-corrected chi connectivity index (χ3v) is 5.77. The minimum Gasteiger partial charge on any atom is -0.444 e. The minimum atomic E-state index is -1.13. The molecule has 0 heterocycles. The predicted octanol–water partition coefficient (Wildman–Crippen LogP) is 3.91. The van der Waals surface area contributed by atoms with Crippen molar-refractivity contribution in [1.82, 2.24) is 10.2 Å².